The summed E-state index contributed by atoms with van der Waals surface area (Å²) in [4.78, 5) is 0. The predicted molar refractivity (Wildman–Crippen MR) is 76.7 cm³/mol. The highest BCUT2D eigenvalue weighted by Crippen LogP contribution is 2.21. The van der Waals surface area contributed by atoms with Crippen LogP contribution in [0.2, 0.25) is 0 Å². The van der Waals surface area contributed by atoms with E-state index in [0.717, 1.165) is 48.8 Å². The molecule has 0 atom stereocenters. The Balaban J connectivity index is 1.90. The fourth-order valence-electron chi connectivity index (χ4n) is 2.07. The van der Waals surface area contributed by atoms with Crippen LogP contribution in [0.5, 0.6) is 5.75 Å². The van der Waals surface area contributed by atoms with Crippen LogP contribution in [0, 0.1) is 0 Å². The molecule has 2 rings (SSSR count). The first-order valence-corrected chi connectivity index (χ1v) is 8.11. The fraction of sp³-hybridized carbons (Fsp3) is 0.571. The second kappa shape index (κ2) is 6.78. The average molecular weight is 267 g/mol. The quantitative estimate of drug-likeness (QED) is 0.891. The van der Waals surface area contributed by atoms with Gasteiger partial charge in [-0.2, -0.15) is 0 Å². The highest BCUT2D eigenvalue weighted by Gasteiger charge is 2.17. The summed E-state index contributed by atoms with van der Waals surface area (Å²) in [5, 5.41) is 3.50. The van der Waals surface area contributed by atoms with Crippen molar-refractivity contribution in [2.24, 2.45) is 0 Å². The van der Waals surface area contributed by atoms with Gasteiger partial charge in [0.1, 0.15) is 5.75 Å². The zero-order valence-electron chi connectivity index (χ0n) is 10.9. The Morgan fingerprint density at radius 3 is 2.89 bits per heavy atom. The summed E-state index contributed by atoms with van der Waals surface area (Å²) in [6.07, 6.45) is 3.01. The molecular weight excluding hydrogens is 246 g/mol. The summed E-state index contributed by atoms with van der Waals surface area (Å²) in [5.41, 5.74) is 1.10. The Labute approximate surface area is 111 Å². The molecule has 1 heterocycles. The summed E-state index contributed by atoms with van der Waals surface area (Å²) >= 11 is 0. The normalized spacial score (nSPS) is 23.6. The molecule has 0 amide bonds. The summed E-state index contributed by atoms with van der Waals surface area (Å²) in [7, 11) is -0.592. The van der Waals surface area contributed by atoms with Crippen molar-refractivity contribution >= 4 is 16.5 Å². The monoisotopic (exact) mass is 267 g/mol. The Hall–Kier alpha value is -1.03. The van der Waals surface area contributed by atoms with Gasteiger partial charge in [-0.05, 0) is 31.4 Å². The van der Waals surface area contributed by atoms with Gasteiger partial charge in [0, 0.05) is 40.1 Å². The van der Waals surface area contributed by atoms with Gasteiger partial charge in [-0.15, -0.1) is 0 Å². The second-order valence-electron chi connectivity index (χ2n) is 4.64. The van der Waals surface area contributed by atoms with Crippen molar-refractivity contribution in [3.05, 3.63) is 24.3 Å². The first kappa shape index (κ1) is 13.4. The van der Waals surface area contributed by atoms with E-state index >= 15 is 0 Å². The number of hydrogen-bond acceptors (Lipinski definition) is 3. The Kier molecular flexibility index (Phi) is 5.05. The fourth-order valence-corrected chi connectivity index (χ4v) is 3.37. The van der Waals surface area contributed by atoms with E-state index in [-0.39, 0.29) is 0 Å². The molecule has 1 saturated heterocycles. The maximum atomic E-state index is 11.3. The maximum absolute atomic E-state index is 11.3. The van der Waals surface area contributed by atoms with Crippen molar-refractivity contribution in [1.29, 1.82) is 0 Å². The number of hydrogen-bond donors (Lipinski definition) is 1. The molecule has 1 aliphatic rings. The van der Waals surface area contributed by atoms with Gasteiger partial charge < -0.3 is 10.1 Å². The lowest BCUT2D eigenvalue weighted by Crippen LogP contribution is -2.29. The summed E-state index contributed by atoms with van der Waals surface area (Å²) in [6.45, 7) is 2.86. The molecule has 4 heteroatoms. The smallest absolute Gasteiger partial charge is 0.121 e. The van der Waals surface area contributed by atoms with Crippen molar-refractivity contribution in [2.45, 2.75) is 32.2 Å². The van der Waals surface area contributed by atoms with Crippen LogP contribution in [-0.2, 0) is 10.8 Å². The zero-order valence-corrected chi connectivity index (χ0v) is 11.7. The van der Waals surface area contributed by atoms with Gasteiger partial charge in [0.05, 0.1) is 6.61 Å². The predicted octanol–water partition coefficient (Wildman–Crippen LogP) is 2.80. The number of rotatable bonds is 5. The van der Waals surface area contributed by atoms with Gasteiger partial charge in [-0.1, -0.05) is 13.0 Å². The van der Waals surface area contributed by atoms with Crippen LogP contribution in [0.25, 0.3) is 0 Å². The van der Waals surface area contributed by atoms with E-state index < -0.39 is 10.8 Å². The molecule has 1 fully saturated rings. The average Bonchev–Trinajstić information content (AvgIpc) is 2.40. The number of nitrogens with one attached hydrogen (secondary N) is 1. The Morgan fingerprint density at radius 2 is 2.17 bits per heavy atom. The van der Waals surface area contributed by atoms with Gasteiger partial charge in [-0.25, -0.2) is 0 Å². The highest BCUT2D eigenvalue weighted by atomic mass is 32.2. The molecule has 0 radical (unpaired) electrons. The molecule has 18 heavy (non-hydrogen) atoms. The van der Waals surface area contributed by atoms with E-state index in [1.807, 2.05) is 18.2 Å². The second-order valence-corrected chi connectivity index (χ2v) is 6.34. The molecule has 0 aliphatic carbocycles. The first-order valence-electron chi connectivity index (χ1n) is 6.62. The van der Waals surface area contributed by atoms with E-state index in [1.165, 1.54) is 0 Å². The van der Waals surface area contributed by atoms with Crippen molar-refractivity contribution < 1.29 is 8.95 Å². The van der Waals surface area contributed by atoms with Crippen molar-refractivity contribution in [2.75, 3.05) is 23.4 Å². The maximum Gasteiger partial charge on any atom is 0.121 e. The molecule has 1 aliphatic heterocycles. The van der Waals surface area contributed by atoms with E-state index in [4.69, 9.17) is 4.74 Å². The van der Waals surface area contributed by atoms with Crippen LogP contribution in [0.3, 0.4) is 0 Å². The molecule has 1 aromatic rings. The lowest BCUT2D eigenvalue weighted by Gasteiger charge is -2.23. The number of benzene rings is 1. The van der Waals surface area contributed by atoms with Crippen molar-refractivity contribution in [3.8, 4) is 5.75 Å². The number of anilines is 1. The summed E-state index contributed by atoms with van der Waals surface area (Å²) < 4.78 is 16.9. The largest absolute Gasteiger partial charge is 0.494 e. The minimum absolute atomic E-state index is 0.448. The zero-order chi connectivity index (χ0) is 12.8. The Bertz CT molecular complexity index is 399. The molecule has 1 N–H and O–H groups in total. The lowest BCUT2D eigenvalue weighted by atomic mass is 10.1. The van der Waals surface area contributed by atoms with Crippen LogP contribution in [-0.4, -0.2) is 28.4 Å². The highest BCUT2D eigenvalue weighted by molar-refractivity contribution is 7.85. The van der Waals surface area contributed by atoms with Gasteiger partial charge in [0.2, 0.25) is 0 Å². The molecule has 0 unspecified atom stereocenters. The molecule has 3 nitrogen and oxygen atoms in total. The van der Waals surface area contributed by atoms with Gasteiger partial charge >= 0.3 is 0 Å². The van der Waals surface area contributed by atoms with Gasteiger partial charge in [0.25, 0.3) is 0 Å². The SMILES string of the molecule is CCCOc1cccc(NC2CCS(=O)CC2)c1. The minimum atomic E-state index is -0.592. The topological polar surface area (TPSA) is 38.3 Å². The molecule has 0 saturated carbocycles. The van der Waals surface area contributed by atoms with E-state index in [9.17, 15) is 4.21 Å². The third-order valence-electron chi connectivity index (χ3n) is 3.07. The molecule has 1 aromatic carbocycles. The van der Waals surface area contributed by atoms with Crippen LogP contribution < -0.4 is 10.1 Å². The third kappa shape index (κ3) is 4.02. The molecule has 0 aromatic heterocycles. The van der Waals surface area contributed by atoms with Gasteiger partial charge in [0.15, 0.2) is 0 Å². The van der Waals surface area contributed by atoms with Crippen LogP contribution in [0.1, 0.15) is 26.2 Å². The molecule has 0 spiro atoms. The van der Waals surface area contributed by atoms with E-state index in [0.29, 0.717) is 6.04 Å². The van der Waals surface area contributed by atoms with Crippen molar-refractivity contribution in [1.82, 2.24) is 0 Å². The van der Waals surface area contributed by atoms with Gasteiger partial charge in [-0.3, -0.25) is 4.21 Å². The van der Waals surface area contributed by atoms with Crippen molar-refractivity contribution in [3.63, 3.8) is 0 Å². The van der Waals surface area contributed by atoms with Crippen LogP contribution in [0.4, 0.5) is 5.69 Å². The third-order valence-corrected chi connectivity index (χ3v) is 4.45. The molecule has 100 valence electrons. The minimum Gasteiger partial charge on any atom is -0.494 e. The molecule has 0 bridgehead atoms. The standard InChI is InChI=1S/C14H21NO2S/c1-2-8-17-14-5-3-4-13(11-14)15-12-6-9-18(16)10-7-12/h3-5,11-12,15H,2,6-10H2,1H3. The molecular formula is C14H21NO2S. The Morgan fingerprint density at radius 1 is 1.39 bits per heavy atom. The number of ether oxygens (including phenoxy) is 1. The van der Waals surface area contributed by atoms with Crippen LogP contribution >= 0.6 is 0 Å². The lowest BCUT2D eigenvalue weighted by molar-refractivity contribution is 0.317. The first-order chi connectivity index (χ1) is 8.78. The van der Waals surface area contributed by atoms with E-state index in [1.54, 1.807) is 0 Å². The van der Waals surface area contributed by atoms with Crippen LogP contribution in [0.15, 0.2) is 24.3 Å². The summed E-state index contributed by atoms with van der Waals surface area (Å²) in [6, 6.07) is 8.54. The van der Waals surface area contributed by atoms with E-state index in [2.05, 4.69) is 18.3 Å². The summed E-state index contributed by atoms with van der Waals surface area (Å²) in [5.74, 6) is 2.56.